The van der Waals surface area contributed by atoms with E-state index >= 15 is 0 Å². The van der Waals surface area contributed by atoms with Gasteiger partial charge in [0.05, 0.1) is 7.11 Å². The average Bonchev–Trinajstić information content (AvgIpc) is 2.38. The summed E-state index contributed by atoms with van der Waals surface area (Å²) in [6, 6.07) is 11.4. The molecule has 0 heterocycles. The van der Waals surface area contributed by atoms with E-state index in [2.05, 4.69) is 0 Å². The summed E-state index contributed by atoms with van der Waals surface area (Å²) in [4.78, 5) is 0. The van der Waals surface area contributed by atoms with Crippen LogP contribution in [0.25, 0.3) is 0 Å². The van der Waals surface area contributed by atoms with Crippen LogP contribution in [0, 0.1) is 13.8 Å². The van der Waals surface area contributed by atoms with Gasteiger partial charge in [-0.25, -0.2) is 0 Å². The summed E-state index contributed by atoms with van der Waals surface area (Å²) in [6.07, 6.45) is -0.789. The zero-order valence-electron chi connectivity index (χ0n) is 11.3. The molecule has 3 heteroatoms. The lowest BCUT2D eigenvalue weighted by Crippen LogP contribution is -2.03. The Balaban J connectivity index is 2.49. The normalized spacial score (nSPS) is 12.3. The maximum Gasteiger partial charge on any atom is 0.125 e. The predicted octanol–water partition coefficient (Wildman–Crippen LogP) is 4.05. The number of halogens is 1. The first kappa shape index (κ1) is 13.9. The highest BCUT2D eigenvalue weighted by Crippen LogP contribution is 2.34. The second-order valence-electron chi connectivity index (χ2n) is 4.67. The molecule has 0 spiro atoms. The lowest BCUT2D eigenvalue weighted by atomic mass is 9.98. The van der Waals surface area contributed by atoms with Gasteiger partial charge < -0.3 is 9.84 Å². The van der Waals surface area contributed by atoms with E-state index in [4.69, 9.17) is 16.3 Å². The highest BCUT2D eigenvalue weighted by atomic mass is 35.5. The standard InChI is InChI=1S/C16H17ClO2/c1-10-5-7-15(19-3)13(8-10)16(18)12-6-4-11(2)9-14(12)17/h4-9,16,18H,1-3H3. The van der Waals surface area contributed by atoms with Gasteiger partial charge in [-0.1, -0.05) is 35.4 Å². The first-order valence-electron chi connectivity index (χ1n) is 6.11. The van der Waals surface area contributed by atoms with Crippen LogP contribution in [0.15, 0.2) is 36.4 Å². The molecular weight excluding hydrogens is 260 g/mol. The second-order valence-corrected chi connectivity index (χ2v) is 5.08. The molecule has 0 saturated carbocycles. The SMILES string of the molecule is COc1ccc(C)cc1C(O)c1ccc(C)cc1Cl. The van der Waals surface area contributed by atoms with Gasteiger partial charge in [0.15, 0.2) is 0 Å². The maximum atomic E-state index is 10.5. The third-order valence-corrected chi connectivity index (χ3v) is 3.46. The molecule has 0 bridgehead atoms. The number of aryl methyl sites for hydroxylation is 2. The van der Waals surface area contributed by atoms with E-state index in [1.54, 1.807) is 7.11 Å². The van der Waals surface area contributed by atoms with E-state index < -0.39 is 6.10 Å². The van der Waals surface area contributed by atoms with Gasteiger partial charge in [-0.15, -0.1) is 0 Å². The summed E-state index contributed by atoms with van der Waals surface area (Å²) in [5.74, 6) is 0.662. The fourth-order valence-electron chi connectivity index (χ4n) is 2.09. The van der Waals surface area contributed by atoms with Crippen LogP contribution in [0.4, 0.5) is 0 Å². The van der Waals surface area contributed by atoms with Crippen LogP contribution >= 0.6 is 11.6 Å². The molecule has 2 rings (SSSR count). The molecule has 0 aliphatic carbocycles. The largest absolute Gasteiger partial charge is 0.496 e. The van der Waals surface area contributed by atoms with Crippen molar-refractivity contribution in [3.8, 4) is 5.75 Å². The number of aliphatic hydroxyl groups is 1. The van der Waals surface area contributed by atoms with Gasteiger partial charge in [-0.05, 0) is 37.6 Å². The molecule has 2 aromatic rings. The van der Waals surface area contributed by atoms with Crippen LogP contribution < -0.4 is 4.74 Å². The summed E-state index contributed by atoms with van der Waals surface area (Å²) in [5.41, 5.74) is 3.56. The quantitative estimate of drug-likeness (QED) is 0.916. The van der Waals surface area contributed by atoms with Crippen molar-refractivity contribution >= 4 is 11.6 Å². The summed E-state index contributed by atoms with van der Waals surface area (Å²) in [5, 5.41) is 11.1. The fraction of sp³-hybridized carbons (Fsp3) is 0.250. The molecule has 0 aromatic heterocycles. The van der Waals surface area contributed by atoms with E-state index in [1.807, 2.05) is 50.2 Å². The van der Waals surface area contributed by atoms with E-state index in [-0.39, 0.29) is 0 Å². The van der Waals surface area contributed by atoms with Crippen LogP contribution in [0.1, 0.15) is 28.4 Å². The van der Waals surface area contributed by atoms with E-state index in [9.17, 15) is 5.11 Å². The molecular formula is C16H17ClO2. The number of hydrogen-bond donors (Lipinski definition) is 1. The molecule has 2 aromatic carbocycles. The molecule has 0 amide bonds. The van der Waals surface area contributed by atoms with Gasteiger partial charge >= 0.3 is 0 Å². The third-order valence-electron chi connectivity index (χ3n) is 3.13. The molecule has 0 fully saturated rings. The monoisotopic (exact) mass is 276 g/mol. The number of benzene rings is 2. The maximum absolute atomic E-state index is 10.5. The number of rotatable bonds is 3. The Kier molecular flexibility index (Phi) is 4.13. The zero-order valence-corrected chi connectivity index (χ0v) is 12.0. The zero-order chi connectivity index (χ0) is 14.0. The Morgan fingerprint density at radius 1 is 1.00 bits per heavy atom. The van der Waals surface area contributed by atoms with Crippen molar-refractivity contribution < 1.29 is 9.84 Å². The van der Waals surface area contributed by atoms with Crippen LogP contribution in [-0.2, 0) is 0 Å². The van der Waals surface area contributed by atoms with Gasteiger partial charge in [0.2, 0.25) is 0 Å². The van der Waals surface area contributed by atoms with Gasteiger partial charge in [-0.2, -0.15) is 0 Å². The summed E-state index contributed by atoms with van der Waals surface area (Å²) in [7, 11) is 1.59. The van der Waals surface area contributed by atoms with Gasteiger partial charge in [-0.3, -0.25) is 0 Å². The van der Waals surface area contributed by atoms with Gasteiger partial charge in [0.1, 0.15) is 11.9 Å². The Morgan fingerprint density at radius 3 is 2.26 bits per heavy atom. The van der Waals surface area contributed by atoms with Crippen molar-refractivity contribution in [2.24, 2.45) is 0 Å². The molecule has 1 unspecified atom stereocenters. The lowest BCUT2D eigenvalue weighted by Gasteiger charge is -2.17. The molecule has 0 saturated heterocycles. The summed E-state index contributed by atoms with van der Waals surface area (Å²) >= 11 is 6.21. The molecule has 19 heavy (non-hydrogen) atoms. The van der Waals surface area contributed by atoms with Crippen LogP contribution in [0.3, 0.4) is 0 Å². The molecule has 100 valence electrons. The fourth-order valence-corrected chi connectivity index (χ4v) is 2.43. The first-order valence-corrected chi connectivity index (χ1v) is 6.49. The highest BCUT2D eigenvalue weighted by molar-refractivity contribution is 6.31. The van der Waals surface area contributed by atoms with Crippen LogP contribution in [0.5, 0.6) is 5.75 Å². The van der Waals surface area contributed by atoms with Gasteiger partial charge in [0, 0.05) is 16.1 Å². The molecule has 1 N–H and O–H groups in total. The topological polar surface area (TPSA) is 29.5 Å². The van der Waals surface area contributed by atoms with Crippen LogP contribution in [0.2, 0.25) is 5.02 Å². The third kappa shape index (κ3) is 2.91. The molecule has 0 aliphatic rings. The average molecular weight is 277 g/mol. The van der Waals surface area contributed by atoms with Crippen molar-refractivity contribution in [2.45, 2.75) is 20.0 Å². The Labute approximate surface area is 118 Å². The van der Waals surface area contributed by atoms with E-state index in [0.717, 1.165) is 16.7 Å². The summed E-state index contributed by atoms with van der Waals surface area (Å²) < 4.78 is 5.30. The van der Waals surface area contributed by atoms with Crippen LogP contribution in [-0.4, -0.2) is 12.2 Å². The number of hydrogen-bond acceptors (Lipinski definition) is 2. The Hall–Kier alpha value is -1.51. The minimum absolute atomic E-state index is 0.566. The predicted molar refractivity (Wildman–Crippen MR) is 78.0 cm³/mol. The minimum atomic E-state index is -0.789. The van der Waals surface area contributed by atoms with Crippen molar-refractivity contribution in [3.05, 3.63) is 63.7 Å². The second kappa shape index (κ2) is 5.64. The van der Waals surface area contributed by atoms with E-state index in [0.29, 0.717) is 16.3 Å². The highest BCUT2D eigenvalue weighted by Gasteiger charge is 2.18. The molecule has 0 aliphatic heterocycles. The smallest absolute Gasteiger partial charge is 0.125 e. The Bertz CT molecular complexity index is 593. The minimum Gasteiger partial charge on any atom is -0.496 e. The number of methoxy groups -OCH3 is 1. The first-order chi connectivity index (χ1) is 9.02. The lowest BCUT2D eigenvalue weighted by molar-refractivity contribution is 0.214. The van der Waals surface area contributed by atoms with Crippen molar-refractivity contribution in [3.63, 3.8) is 0 Å². The number of aliphatic hydroxyl groups excluding tert-OH is 1. The summed E-state index contributed by atoms with van der Waals surface area (Å²) in [6.45, 7) is 3.95. The van der Waals surface area contributed by atoms with Crippen molar-refractivity contribution in [2.75, 3.05) is 7.11 Å². The Morgan fingerprint density at radius 2 is 1.63 bits per heavy atom. The molecule has 2 nitrogen and oxygen atoms in total. The van der Waals surface area contributed by atoms with Gasteiger partial charge in [0.25, 0.3) is 0 Å². The molecule has 1 atom stereocenters. The van der Waals surface area contributed by atoms with Crippen molar-refractivity contribution in [1.82, 2.24) is 0 Å². The number of ether oxygens (including phenoxy) is 1. The molecule has 0 radical (unpaired) electrons. The van der Waals surface area contributed by atoms with E-state index in [1.165, 1.54) is 0 Å². The van der Waals surface area contributed by atoms with Crippen molar-refractivity contribution in [1.29, 1.82) is 0 Å².